The average Bonchev–Trinajstić information content (AvgIpc) is 2.60. The highest BCUT2D eigenvalue weighted by molar-refractivity contribution is 6.09. The highest BCUT2D eigenvalue weighted by Gasteiger charge is 2.23. The van der Waals surface area contributed by atoms with Crippen LogP contribution < -0.4 is 10.5 Å². The molecule has 0 saturated heterocycles. The summed E-state index contributed by atoms with van der Waals surface area (Å²) in [5, 5.41) is 11.3. The van der Waals surface area contributed by atoms with E-state index < -0.39 is 5.91 Å². The van der Waals surface area contributed by atoms with E-state index in [0.717, 1.165) is 0 Å². The summed E-state index contributed by atoms with van der Waals surface area (Å²) in [6.07, 6.45) is 0. The van der Waals surface area contributed by atoms with Crippen LogP contribution in [0.25, 0.3) is 10.8 Å². The molecular formula is C18H16N2O3. The van der Waals surface area contributed by atoms with E-state index in [4.69, 9.17) is 0 Å². The first-order chi connectivity index (χ1) is 11.0. The molecule has 1 heterocycles. The van der Waals surface area contributed by atoms with Crippen LogP contribution in [0, 0.1) is 0 Å². The number of carbonyl (C=O) groups excluding carboxylic acids is 1. The first kappa shape index (κ1) is 14.8. The lowest BCUT2D eigenvalue weighted by atomic mass is 10.1. The van der Waals surface area contributed by atoms with E-state index in [1.165, 1.54) is 16.5 Å². The van der Waals surface area contributed by atoms with E-state index in [9.17, 15) is 14.7 Å². The molecule has 0 aliphatic carbocycles. The Morgan fingerprint density at radius 3 is 2.22 bits per heavy atom. The number of para-hydroxylation sites is 1. The normalized spacial score (nSPS) is 10.7. The van der Waals surface area contributed by atoms with Crippen LogP contribution in [0.2, 0.25) is 0 Å². The van der Waals surface area contributed by atoms with E-state index >= 15 is 0 Å². The third-order valence-electron chi connectivity index (χ3n) is 3.93. The number of hydrogen-bond acceptors (Lipinski definition) is 3. The van der Waals surface area contributed by atoms with Gasteiger partial charge in [0.1, 0.15) is 0 Å². The van der Waals surface area contributed by atoms with Gasteiger partial charge in [-0.2, -0.15) is 0 Å². The Kier molecular flexibility index (Phi) is 3.62. The van der Waals surface area contributed by atoms with Crippen LogP contribution in [-0.4, -0.2) is 22.6 Å². The zero-order valence-electron chi connectivity index (χ0n) is 12.9. The summed E-state index contributed by atoms with van der Waals surface area (Å²) in [5.74, 6) is -0.630. The molecule has 3 aromatic rings. The zero-order valence-corrected chi connectivity index (χ0v) is 12.9. The molecule has 0 atom stereocenters. The van der Waals surface area contributed by atoms with Gasteiger partial charge in [-0.25, -0.2) is 0 Å². The molecule has 0 fully saturated rings. The molecule has 0 unspecified atom stereocenters. The minimum absolute atomic E-state index is 0.0277. The molecule has 0 saturated carbocycles. The molecule has 5 nitrogen and oxygen atoms in total. The molecule has 1 aromatic heterocycles. The topological polar surface area (TPSA) is 62.5 Å². The summed E-state index contributed by atoms with van der Waals surface area (Å²) in [7, 11) is 3.09. The molecule has 5 heteroatoms. The van der Waals surface area contributed by atoms with Crippen LogP contribution in [0.1, 0.15) is 10.5 Å². The molecule has 0 spiro atoms. The van der Waals surface area contributed by atoms with Gasteiger partial charge in [-0.05, 0) is 18.2 Å². The standard InChI is InChI=1S/C18H16N2O3/c1-19(12-8-4-3-5-9-12)18(23)15-16(21)13-10-6-7-11-14(13)17(22)20(15)2/h3-11,21H,1-2H3. The van der Waals surface area contributed by atoms with Crippen molar-refractivity contribution in [3.8, 4) is 5.75 Å². The van der Waals surface area contributed by atoms with E-state index in [1.807, 2.05) is 18.2 Å². The fourth-order valence-electron chi connectivity index (χ4n) is 2.62. The Bertz CT molecular complexity index is 946. The minimum Gasteiger partial charge on any atom is -0.505 e. The lowest BCUT2D eigenvalue weighted by Gasteiger charge is -2.20. The quantitative estimate of drug-likeness (QED) is 0.791. The molecule has 0 bridgehead atoms. The van der Waals surface area contributed by atoms with Gasteiger partial charge in [-0.3, -0.25) is 9.59 Å². The second-order valence-corrected chi connectivity index (χ2v) is 5.31. The van der Waals surface area contributed by atoms with Crippen molar-refractivity contribution in [2.75, 3.05) is 11.9 Å². The molecule has 116 valence electrons. The monoisotopic (exact) mass is 308 g/mol. The fraction of sp³-hybridized carbons (Fsp3) is 0.111. The predicted octanol–water partition coefficient (Wildman–Crippen LogP) is 2.52. The van der Waals surface area contributed by atoms with Gasteiger partial charge in [0, 0.05) is 25.2 Å². The first-order valence-electron chi connectivity index (χ1n) is 7.16. The second kappa shape index (κ2) is 5.61. The van der Waals surface area contributed by atoms with Gasteiger partial charge in [0.25, 0.3) is 11.5 Å². The average molecular weight is 308 g/mol. The van der Waals surface area contributed by atoms with Crippen molar-refractivity contribution in [3.63, 3.8) is 0 Å². The molecule has 0 aliphatic rings. The zero-order chi connectivity index (χ0) is 16.6. The van der Waals surface area contributed by atoms with E-state index in [-0.39, 0.29) is 17.0 Å². The number of fused-ring (bicyclic) bond motifs is 1. The largest absolute Gasteiger partial charge is 0.505 e. The van der Waals surface area contributed by atoms with Crippen LogP contribution >= 0.6 is 0 Å². The van der Waals surface area contributed by atoms with Gasteiger partial charge in [-0.15, -0.1) is 0 Å². The van der Waals surface area contributed by atoms with Crippen LogP contribution in [0.5, 0.6) is 5.75 Å². The van der Waals surface area contributed by atoms with Crippen LogP contribution in [-0.2, 0) is 7.05 Å². The summed E-state index contributed by atoms with van der Waals surface area (Å²) < 4.78 is 1.19. The number of rotatable bonds is 2. The van der Waals surface area contributed by atoms with Crippen molar-refractivity contribution < 1.29 is 9.90 Å². The number of anilines is 1. The van der Waals surface area contributed by atoms with E-state index in [1.54, 1.807) is 43.4 Å². The fourth-order valence-corrected chi connectivity index (χ4v) is 2.62. The van der Waals surface area contributed by atoms with E-state index in [0.29, 0.717) is 16.5 Å². The maximum Gasteiger partial charge on any atom is 0.278 e. The Labute approximate surface area is 133 Å². The van der Waals surface area contributed by atoms with Crippen LogP contribution in [0.15, 0.2) is 59.4 Å². The minimum atomic E-state index is -0.445. The number of pyridine rings is 1. The SMILES string of the molecule is CN(C(=O)c1c(O)c2ccccc2c(=O)n1C)c1ccccc1. The molecule has 1 amide bonds. The lowest BCUT2D eigenvalue weighted by Crippen LogP contribution is -2.32. The van der Waals surface area contributed by atoms with Gasteiger partial charge >= 0.3 is 0 Å². The Balaban J connectivity index is 2.20. The van der Waals surface area contributed by atoms with Crippen molar-refractivity contribution in [1.29, 1.82) is 0 Å². The number of aromatic hydroxyl groups is 1. The maximum absolute atomic E-state index is 12.8. The predicted molar refractivity (Wildman–Crippen MR) is 90.0 cm³/mol. The van der Waals surface area contributed by atoms with Gasteiger partial charge in [0.15, 0.2) is 11.4 Å². The highest BCUT2D eigenvalue weighted by atomic mass is 16.3. The Morgan fingerprint density at radius 2 is 1.57 bits per heavy atom. The molecule has 0 radical (unpaired) electrons. The third kappa shape index (κ3) is 2.36. The van der Waals surface area contributed by atoms with E-state index in [2.05, 4.69) is 0 Å². The van der Waals surface area contributed by atoms with Gasteiger partial charge in [-0.1, -0.05) is 36.4 Å². The van der Waals surface area contributed by atoms with Gasteiger partial charge in [0.2, 0.25) is 0 Å². The summed E-state index contributed by atoms with van der Waals surface area (Å²) in [4.78, 5) is 26.6. The van der Waals surface area contributed by atoms with Crippen molar-refractivity contribution in [2.45, 2.75) is 0 Å². The van der Waals surface area contributed by atoms with Crippen molar-refractivity contribution >= 4 is 22.4 Å². The molecule has 23 heavy (non-hydrogen) atoms. The molecule has 0 aliphatic heterocycles. The maximum atomic E-state index is 12.8. The molecular weight excluding hydrogens is 292 g/mol. The van der Waals surface area contributed by atoms with Gasteiger partial charge in [0.05, 0.1) is 5.39 Å². The highest BCUT2D eigenvalue weighted by Crippen LogP contribution is 2.27. The summed E-state index contributed by atoms with van der Waals surface area (Å²) in [5.41, 5.74) is 0.334. The number of amides is 1. The summed E-state index contributed by atoms with van der Waals surface area (Å²) in [6.45, 7) is 0. The van der Waals surface area contributed by atoms with Crippen LogP contribution in [0.3, 0.4) is 0 Å². The summed E-state index contributed by atoms with van der Waals surface area (Å²) >= 11 is 0. The number of benzene rings is 2. The lowest BCUT2D eigenvalue weighted by molar-refractivity contribution is 0.0981. The number of carbonyl (C=O) groups is 1. The van der Waals surface area contributed by atoms with Crippen LogP contribution in [0.4, 0.5) is 5.69 Å². The molecule has 1 N–H and O–H groups in total. The number of aromatic nitrogens is 1. The smallest absolute Gasteiger partial charge is 0.278 e. The van der Waals surface area contributed by atoms with Gasteiger partial charge < -0.3 is 14.6 Å². The number of hydrogen-bond donors (Lipinski definition) is 1. The van der Waals surface area contributed by atoms with Crippen molar-refractivity contribution in [2.24, 2.45) is 7.05 Å². The molecule has 2 aromatic carbocycles. The first-order valence-corrected chi connectivity index (χ1v) is 7.16. The Morgan fingerprint density at radius 1 is 1.00 bits per heavy atom. The summed E-state index contributed by atoms with van der Waals surface area (Å²) in [6, 6.07) is 15.8. The van der Waals surface area contributed by atoms with Crippen molar-refractivity contribution in [3.05, 3.63) is 70.6 Å². The third-order valence-corrected chi connectivity index (χ3v) is 3.93. The Hall–Kier alpha value is -3.08. The second-order valence-electron chi connectivity index (χ2n) is 5.31. The number of nitrogens with zero attached hydrogens (tertiary/aromatic N) is 2. The van der Waals surface area contributed by atoms with Crippen molar-refractivity contribution in [1.82, 2.24) is 4.57 Å². The molecule has 3 rings (SSSR count).